The lowest BCUT2D eigenvalue weighted by molar-refractivity contribution is 0.143. The Morgan fingerprint density at radius 2 is 2.19 bits per heavy atom. The Morgan fingerprint density at radius 3 is 3.04 bits per heavy atom. The molecule has 5 heteroatoms. The van der Waals surface area contributed by atoms with E-state index in [1.165, 1.54) is 29.2 Å². The van der Waals surface area contributed by atoms with Crippen molar-refractivity contribution in [2.75, 3.05) is 13.1 Å². The van der Waals surface area contributed by atoms with Crippen molar-refractivity contribution >= 4 is 17.7 Å². The van der Waals surface area contributed by atoms with Crippen LogP contribution in [0.2, 0.25) is 0 Å². The molecule has 4 heterocycles. The third kappa shape index (κ3) is 3.41. The number of rotatable bonds is 3. The largest absolute Gasteiger partial charge is 0.393 e. The molecule has 2 saturated heterocycles. The zero-order valence-electron chi connectivity index (χ0n) is 16.1. The van der Waals surface area contributed by atoms with Crippen LogP contribution in [0.1, 0.15) is 51.9 Å². The maximum absolute atomic E-state index is 10.4. The van der Waals surface area contributed by atoms with Crippen LogP contribution in [0, 0.1) is 5.92 Å². The number of aryl methyl sites for hydroxylation is 1. The summed E-state index contributed by atoms with van der Waals surface area (Å²) in [6.45, 7) is 4.09. The average molecular weight is 357 g/mol. The van der Waals surface area contributed by atoms with Crippen LogP contribution in [0.3, 0.4) is 0 Å². The van der Waals surface area contributed by atoms with E-state index in [4.69, 9.17) is 4.99 Å². The molecule has 3 unspecified atom stereocenters. The van der Waals surface area contributed by atoms with Crippen LogP contribution in [-0.4, -0.2) is 45.6 Å². The molecule has 142 valence electrons. The molecule has 2 N–H and O–H groups in total. The van der Waals surface area contributed by atoms with Crippen molar-refractivity contribution in [2.45, 2.75) is 64.0 Å². The monoisotopic (exact) mass is 356 g/mol. The number of nitrogens with zero attached hydrogens (tertiary/aromatic N) is 3. The van der Waals surface area contributed by atoms with E-state index in [1.54, 1.807) is 0 Å². The Balaban J connectivity index is 1.80. The van der Waals surface area contributed by atoms with Gasteiger partial charge in [-0.2, -0.15) is 0 Å². The van der Waals surface area contributed by atoms with E-state index in [0.29, 0.717) is 12.0 Å². The first kappa shape index (κ1) is 17.7. The van der Waals surface area contributed by atoms with Crippen LogP contribution in [0.15, 0.2) is 17.3 Å². The smallest absolute Gasteiger partial charge is 0.117 e. The molecule has 1 aliphatic carbocycles. The summed E-state index contributed by atoms with van der Waals surface area (Å²) in [5, 5.41) is 16.7. The Labute approximate surface area is 156 Å². The van der Waals surface area contributed by atoms with Crippen molar-refractivity contribution in [3.8, 4) is 0 Å². The minimum absolute atomic E-state index is 0.151. The van der Waals surface area contributed by atoms with Gasteiger partial charge < -0.3 is 19.9 Å². The third-order valence-electron chi connectivity index (χ3n) is 6.12. The van der Waals surface area contributed by atoms with Gasteiger partial charge in [0, 0.05) is 49.4 Å². The fourth-order valence-corrected chi connectivity index (χ4v) is 4.81. The maximum Gasteiger partial charge on any atom is 0.117 e. The number of nitrogens with one attached hydrogen (secondary N) is 1. The summed E-state index contributed by atoms with van der Waals surface area (Å²) in [5.41, 5.74) is 0. The summed E-state index contributed by atoms with van der Waals surface area (Å²) in [5.74, 6) is 2.90. The highest BCUT2D eigenvalue weighted by molar-refractivity contribution is 5.88. The number of piperidine rings is 1. The summed E-state index contributed by atoms with van der Waals surface area (Å²) in [7, 11) is 2.12. The van der Waals surface area contributed by atoms with Crippen LogP contribution in [0.25, 0.3) is 11.9 Å². The first-order valence-corrected chi connectivity index (χ1v) is 10.3. The van der Waals surface area contributed by atoms with Gasteiger partial charge in [-0.05, 0) is 50.5 Å². The van der Waals surface area contributed by atoms with Gasteiger partial charge in [0.15, 0.2) is 0 Å². The number of aromatic nitrogens is 1. The minimum Gasteiger partial charge on any atom is -0.393 e. The van der Waals surface area contributed by atoms with Gasteiger partial charge in [-0.3, -0.25) is 4.99 Å². The topological polar surface area (TPSA) is 52.8 Å². The molecule has 3 atom stereocenters. The number of hydrogen-bond acceptors (Lipinski definition) is 3. The second kappa shape index (κ2) is 7.47. The number of aliphatic hydroxyl groups is 1. The van der Waals surface area contributed by atoms with Gasteiger partial charge in [-0.15, -0.1) is 0 Å². The van der Waals surface area contributed by atoms with Gasteiger partial charge in [0.1, 0.15) is 11.7 Å². The SMILES string of the molecule is CCCN=C1CCC=c2c(ccn2C)=C(N2CC3CCC2CC(O)C3)N1. The second-order valence-corrected chi connectivity index (χ2v) is 8.15. The van der Waals surface area contributed by atoms with Gasteiger partial charge in [0.2, 0.25) is 0 Å². The van der Waals surface area contributed by atoms with Gasteiger partial charge in [0.05, 0.1) is 6.10 Å². The van der Waals surface area contributed by atoms with E-state index in [2.05, 4.69) is 47.1 Å². The predicted octanol–water partition coefficient (Wildman–Crippen LogP) is 1.30. The quantitative estimate of drug-likeness (QED) is 0.858. The second-order valence-electron chi connectivity index (χ2n) is 8.15. The van der Waals surface area contributed by atoms with Gasteiger partial charge >= 0.3 is 0 Å². The van der Waals surface area contributed by atoms with E-state index in [-0.39, 0.29) is 6.10 Å². The van der Waals surface area contributed by atoms with Crippen molar-refractivity contribution < 1.29 is 5.11 Å². The first-order chi connectivity index (χ1) is 12.7. The summed E-state index contributed by atoms with van der Waals surface area (Å²) in [4.78, 5) is 7.36. The van der Waals surface area contributed by atoms with Crippen LogP contribution < -0.4 is 15.9 Å². The van der Waals surface area contributed by atoms with E-state index >= 15 is 0 Å². The first-order valence-electron chi connectivity index (χ1n) is 10.3. The zero-order chi connectivity index (χ0) is 18.1. The third-order valence-corrected chi connectivity index (χ3v) is 6.12. The molecule has 0 amide bonds. The zero-order valence-corrected chi connectivity index (χ0v) is 16.1. The normalized spacial score (nSPS) is 30.3. The Kier molecular flexibility index (Phi) is 5.07. The lowest BCUT2D eigenvalue weighted by Crippen LogP contribution is -2.50. The highest BCUT2D eigenvalue weighted by Crippen LogP contribution is 2.35. The summed E-state index contributed by atoms with van der Waals surface area (Å²) in [6, 6.07) is 2.65. The molecule has 4 aliphatic rings. The lowest BCUT2D eigenvalue weighted by atomic mass is 9.94. The molecular formula is C21H32N4O. The molecule has 3 fully saturated rings. The lowest BCUT2D eigenvalue weighted by Gasteiger charge is -2.40. The molecular weight excluding hydrogens is 324 g/mol. The predicted molar refractivity (Wildman–Crippen MR) is 106 cm³/mol. The highest BCUT2D eigenvalue weighted by atomic mass is 16.3. The van der Waals surface area contributed by atoms with Gasteiger partial charge in [-0.1, -0.05) is 13.0 Å². The fourth-order valence-electron chi connectivity index (χ4n) is 4.81. The van der Waals surface area contributed by atoms with Gasteiger partial charge in [0.25, 0.3) is 0 Å². The fraction of sp³-hybridized carbons (Fsp3) is 0.667. The highest BCUT2D eigenvalue weighted by Gasteiger charge is 2.36. The molecule has 1 aromatic rings. The molecule has 3 aliphatic heterocycles. The van der Waals surface area contributed by atoms with Crippen molar-refractivity contribution in [2.24, 2.45) is 18.0 Å². The number of hydrogen-bond donors (Lipinski definition) is 2. The average Bonchev–Trinajstić information content (AvgIpc) is 2.77. The Bertz CT molecular complexity index is 793. The molecule has 0 aromatic carbocycles. The standard InChI is InChI=1S/C21H32N4O/c1-3-10-22-20-6-4-5-19-18(9-11-24(19)2)21(23-20)25-14-15-7-8-16(25)13-17(26)12-15/h5,9,11,15-17,26H,3-4,6-8,10,12-14H2,1-2H3,(H,22,23). The van der Waals surface area contributed by atoms with Crippen LogP contribution >= 0.6 is 0 Å². The summed E-state index contributed by atoms with van der Waals surface area (Å²) in [6.07, 6.45) is 11.7. The van der Waals surface area contributed by atoms with E-state index in [9.17, 15) is 5.11 Å². The van der Waals surface area contributed by atoms with Crippen LogP contribution in [0.5, 0.6) is 0 Å². The van der Waals surface area contributed by atoms with Crippen molar-refractivity contribution in [3.05, 3.63) is 22.8 Å². The number of fused-ring (bicyclic) bond motifs is 5. The maximum atomic E-state index is 10.4. The minimum atomic E-state index is -0.151. The summed E-state index contributed by atoms with van der Waals surface area (Å²) >= 11 is 0. The van der Waals surface area contributed by atoms with Crippen molar-refractivity contribution in [1.29, 1.82) is 0 Å². The Morgan fingerprint density at radius 1 is 1.31 bits per heavy atom. The molecule has 1 aromatic heterocycles. The van der Waals surface area contributed by atoms with E-state index in [1.807, 2.05) is 0 Å². The van der Waals surface area contributed by atoms with Crippen molar-refractivity contribution in [1.82, 2.24) is 14.8 Å². The molecule has 1 saturated carbocycles. The van der Waals surface area contributed by atoms with E-state index < -0.39 is 0 Å². The van der Waals surface area contributed by atoms with E-state index in [0.717, 1.165) is 51.0 Å². The van der Waals surface area contributed by atoms with Gasteiger partial charge in [-0.25, -0.2) is 0 Å². The molecule has 5 nitrogen and oxygen atoms in total. The number of amidine groups is 1. The van der Waals surface area contributed by atoms with Crippen molar-refractivity contribution in [3.63, 3.8) is 0 Å². The van der Waals surface area contributed by atoms with Crippen LogP contribution in [-0.2, 0) is 7.05 Å². The van der Waals surface area contributed by atoms with Crippen LogP contribution in [0.4, 0.5) is 0 Å². The Hall–Kier alpha value is -1.75. The molecule has 26 heavy (non-hydrogen) atoms. The molecule has 2 bridgehead atoms. The molecule has 0 spiro atoms. The molecule has 5 rings (SSSR count). The summed E-state index contributed by atoms with van der Waals surface area (Å²) < 4.78 is 2.22. The molecule has 0 radical (unpaired) electrons. The number of aliphatic imine (C=N–C) groups is 1. The number of aliphatic hydroxyl groups excluding tert-OH is 1.